The van der Waals surface area contributed by atoms with Crippen LogP contribution in [0.3, 0.4) is 0 Å². The van der Waals surface area contributed by atoms with Crippen molar-refractivity contribution in [3.05, 3.63) is 13.2 Å². The minimum atomic E-state index is 0. The summed E-state index contributed by atoms with van der Waals surface area (Å²) >= 11 is 2.69. The number of hydrogen-bond donors (Lipinski definition) is 0. The smallest absolute Gasteiger partial charge is 0 e. The third-order valence-electron chi connectivity index (χ3n) is 0.306. The van der Waals surface area contributed by atoms with Gasteiger partial charge in [-0.1, -0.05) is 0 Å². The van der Waals surface area contributed by atoms with Gasteiger partial charge >= 0.3 is 21.0 Å². The van der Waals surface area contributed by atoms with Crippen LogP contribution in [-0.4, -0.2) is 31.2 Å². The van der Waals surface area contributed by atoms with Crippen molar-refractivity contribution in [2.24, 2.45) is 0 Å². The molecule has 0 heterocycles. The van der Waals surface area contributed by atoms with Crippen LogP contribution in [0.15, 0.2) is 0 Å². The summed E-state index contributed by atoms with van der Waals surface area (Å²) in [6.45, 7) is 0.927. The Labute approximate surface area is 84.1 Å². The van der Waals surface area contributed by atoms with Gasteiger partial charge in [0.15, 0.2) is 0 Å². The standard InChI is InChI=1S/C3H8NO.CH3.CH2.Mn.H2O.Zn/c1-5-3-2-4;;;;;/h4H,2-3H2,1H3;1H3;1H2;;1H2;/q2*-1;;;;. The molecule has 0 spiro atoms. The van der Waals surface area contributed by atoms with Crippen molar-refractivity contribution >= 4 is 5.42 Å². The topological polar surface area (TPSA) is 64.5 Å². The summed E-state index contributed by atoms with van der Waals surface area (Å²) in [7, 11) is 1.59. The number of hydrogen-bond acceptors (Lipinski definition) is 1. The molecule has 0 aliphatic rings. The van der Waals surface area contributed by atoms with E-state index in [4.69, 9.17) is 5.73 Å². The van der Waals surface area contributed by atoms with Crippen LogP contribution < -0.4 is 0 Å². The molecule has 0 rings (SSSR count). The second kappa shape index (κ2) is 51.6. The maximum Gasteiger partial charge on any atom is 0 e. The van der Waals surface area contributed by atoms with Gasteiger partial charge in [0.2, 0.25) is 0 Å². The van der Waals surface area contributed by atoms with E-state index in [1.165, 1.54) is 0 Å². The van der Waals surface area contributed by atoms with Gasteiger partial charge in [-0.05, 0) is 0 Å². The SMILES string of the molecule is COCC[NH-].O.[CH2]=[Mn].[CH3-].[Zn]. The van der Waals surface area contributed by atoms with Crippen molar-refractivity contribution in [1.82, 2.24) is 0 Å². The zero-order valence-electron chi connectivity index (χ0n) is 6.61. The van der Waals surface area contributed by atoms with E-state index in [0.29, 0.717) is 13.2 Å². The summed E-state index contributed by atoms with van der Waals surface area (Å²) in [4.78, 5) is 0. The first-order chi connectivity index (χ1) is 3.41. The quantitative estimate of drug-likeness (QED) is 0.506. The van der Waals surface area contributed by atoms with E-state index in [1.54, 1.807) is 7.11 Å². The molecule has 5 heteroatoms. The minimum Gasteiger partial charge on any atom is -0.358 e. The minimum absolute atomic E-state index is 0. The van der Waals surface area contributed by atoms with Crippen LogP contribution >= 0.6 is 0 Å². The van der Waals surface area contributed by atoms with Gasteiger partial charge in [0.05, 0.1) is 0 Å². The van der Waals surface area contributed by atoms with E-state index in [0.717, 1.165) is 0 Å². The molecule has 0 aliphatic heterocycles. The van der Waals surface area contributed by atoms with E-state index < -0.39 is 0 Å². The Morgan fingerprint density at radius 3 is 1.80 bits per heavy atom. The fourth-order valence-electron chi connectivity index (χ4n) is 0.102. The average molecular weight is 242 g/mol. The number of methoxy groups -OCH3 is 1. The Hall–Kier alpha value is 0.893. The van der Waals surface area contributed by atoms with Crippen LogP contribution in [0.2, 0.25) is 0 Å². The Kier molecular flexibility index (Phi) is 158. The average Bonchev–Trinajstić information content (AvgIpc) is 1.75. The fraction of sp³-hybridized carbons (Fsp3) is 0.600. The zero-order valence-corrected chi connectivity index (χ0v) is 10.8. The van der Waals surface area contributed by atoms with E-state index >= 15 is 0 Å². The van der Waals surface area contributed by atoms with E-state index in [2.05, 4.69) is 25.7 Å². The molecule has 0 radical (unpaired) electrons. The summed E-state index contributed by atoms with van der Waals surface area (Å²) in [6, 6.07) is 0. The van der Waals surface area contributed by atoms with Crippen molar-refractivity contribution < 1.29 is 45.3 Å². The number of ether oxygens (including phenoxy) is 1. The summed E-state index contributed by atoms with van der Waals surface area (Å²) in [5.41, 5.74) is 9.54. The summed E-state index contributed by atoms with van der Waals surface area (Å²) < 4.78 is 4.50. The van der Waals surface area contributed by atoms with Crippen LogP contribution in [-0.2, 0) is 39.8 Å². The van der Waals surface area contributed by atoms with Crippen LogP contribution in [0.25, 0.3) is 5.73 Å². The predicted molar refractivity (Wildman–Crippen MR) is 38.2 cm³/mol. The molecule has 10 heavy (non-hydrogen) atoms. The molecule has 0 unspecified atom stereocenters. The summed E-state index contributed by atoms with van der Waals surface area (Å²) in [5, 5.41) is 0. The number of nitrogens with one attached hydrogen (secondary N) is 1. The van der Waals surface area contributed by atoms with Gasteiger partial charge in [-0.2, -0.15) is 0 Å². The fourth-order valence-corrected chi connectivity index (χ4v) is 0.102. The largest absolute Gasteiger partial charge is 0.358 e. The van der Waals surface area contributed by atoms with Crippen molar-refractivity contribution in [3.8, 4) is 0 Å². The van der Waals surface area contributed by atoms with Gasteiger partial charge in [-0.25, -0.2) is 0 Å². The van der Waals surface area contributed by atoms with Crippen molar-refractivity contribution in [1.29, 1.82) is 0 Å². The van der Waals surface area contributed by atoms with Gasteiger partial charge in [0.25, 0.3) is 0 Å². The second-order valence-corrected chi connectivity index (χ2v) is 0.743. The Bertz CT molecular complexity index is 33.6. The first-order valence-corrected chi connectivity index (χ1v) is 2.65. The Balaban J connectivity index is -0.0000000154. The molecule has 0 aromatic carbocycles. The van der Waals surface area contributed by atoms with E-state index in [-0.39, 0.29) is 32.4 Å². The molecule has 0 aromatic rings. The maximum absolute atomic E-state index is 6.48. The van der Waals surface area contributed by atoms with E-state index in [1.807, 2.05) is 0 Å². The maximum atomic E-state index is 6.48. The molecule has 63 valence electrons. The van der Waals surface area contributed by atoms with Crippen molar-refractivity contribution in [2.45, 2.75) is 0 Å². The molecule has 0 aliphatic carbocycles. The van der Waals surface area contributed by atoms with Crippen LogP contribution in [0.4, 0.5) is 0 Å². The second-order valence-electron chi connectivity index (χ2n) is 0.743. The normalized spacial score (nSPS) is 4.60. The predicted octanol–water partition coefficient (Wildman–Crippen LogP) is 0.273. The Morgan fingerprint density at radius 1 is 1.50 bits per heavy atom. The summed E-state index contributed by atoms with van der Waals surface area (Å²) in [6.07, 6.45) is 0. The van der Waals surface area contributed by atoms with Gasteiger partial charge in [0, 0.05) is 33.2 Å². The molecular weight excluding hydrogens is 226 g/mol. The first-order valence-electron chi connectivity index (χ1n) is 1.82. The molecule has 0 amide bonds. The Morgan fingerprint density at radius 2 is 1.80 bits per heavy atom. The third kappa shape index (κ3) is 66.2. The van der Waals surface area contributed by atoms with Gasteiger partial charge < -0.3 is 23.4 Å². The van der Waals surface area contributed by atoms with E-state index in [9.17, 15) is 0 Å². The summed E-state index contributed by atoms with van der Waals surface area (Å²) in [5.74, 6) is 0. The van der Waals surface area contributed by atoms with Gasteiger partial charge in [-0.15, -0.1) is 6.54 Å². The molecule has 0 fully saturated rings. The monoisotopic (exact) mass is 240 g/mol. The van der Waals surface area contributed by atoms with Crippen LogP contribution in [0.1, 0.15) is 0 Å². The molecular formula is C5H15MnNO2Zn-2. The molecule has 0 bridgehead atoms. The van der Waals surface area contributed by atoms with Crippen LogP contribution in [0, 0.1) is 7.43 Å². The first kappa shape index (κ1) is 30.7. The molecule has 3 N–H and O–H groups in total. The van der Waals surface area contributed by atoms with Gasteiger partial charge in [0.1, 0.15) is 0 Å². The number of rotatable bonds is 2. The van der Waals surface area contributed by atoms with Crippen molar-refractivity contribution in [3.63, 3.8) is 0 Å². The molecule has 0 atom stereocenters. The van der Waals surface area contributed by atoms with Crippen LogP contribution in [0.5, 0.6) is 0 Å². The molecule has 3 nitrogen and oxygen atoms in total. The third-order valence-corrected chi connectivity index (χ3v) is 0.306. The molecule has 0 aromatic heterocycles. The molecule has 0 saturated heterocycles. The molecule has 0 saturated carbocycles. The van der Waals surface area contributed by atoms with Crippen molar-refractivity contribution in [2.75, 3.05) is 20.3 Å². The van der Waals surface area contributed by atoms with Gasteiger partial charge in [-0.3, -0.25) is 0 Å². The zero-order chi connectivity index (χ0) is 6.12.